The highest BCUT2D eigenvalue weighted by atomic mass is 16.2. The highest BCUT2D eigenvalue weighted by Crippen LogP contribution is 2.36. The predicted molar refractivity (Wildman–Crippen MR) is 97.2 cm³/mol. The van der Waals surface area contributed by atoms with Crippen LogP contribution in [-0.2, 0) is 22.4 Å². The minimum atomic E-state index is -0.0584. The van der Waals surface area contributed by atoms with Gasteiger partial charge in [0.15, 0.2) is 0 Å². The first-order chi connectivity index (χ1) is 12.2. The number of piperazine rings is 1. The molecule has 0 radical (unpaired) electrons. The molecule has 1 fully saturated rings. The number of carbonyl (C=O) groups is 2. The Labute approximate surface area is 147 Å². The molecular formula is C21H22N2O2. The van der Waals surface area contributed by atoms with Gasteiger partial charge in [-0.2, -0.15) is 0 Å². The molecule has 2 aromatic carbocycles. The third-order valence-corrected chi connectivity index (χ3v) is 5.11. The summed E-state index contributed by atoms with van der Waals surface area (Å²) in [6.07, 6.45) is 3.22. The smallest absolute Gasteiger partial charge is 0.239 e. The first-order valence-corrected chi connectivity index (χ1v) is 8.95. The molecule has 4 heteroatoms. The highest BCUT2D eigenvalue weighted by Gasteiger charge is 2.21. The van der Waals surface area contributed by atoms with E-state index in [9.17, 15) is 9.59 Å². The van der Waals surface area contributed by atoms with Crippen molar-refractivity contribution < 1.29 is 9.59 Å². The molecule has 0 spiro atoms. The Kier molecular flexibility index (Phi) is 4.26. The number of hydrogen-bond donors (Lipinski definition) is 1. The van der Waals surface area contributed by atoms with Gasteiger partial charge in [0.25, 0.3) is 0 Å². The van der Waals surface area contributed by atoms with Gasteiger partial charge < -0.3 is 10.2 Å². The summed E-state index contributed by atoms with van der Waals surface area (Å²) >= 11 is 0. The van der Waals surface area contributed by atoms with Crippen molar-refractivity contribution in [1.29, 1.82) is 0 Å². The van der Waals surface area contributed by atoms with Crippen LogP contribution >= 0.6 is 0 Å². The number of hydrogen-bond acceptors (Lipinski definition) is 2. The maximum absolute atomic E-state index is 12.2. The summed E-state index contributed by atoms with van der Waals surface area (Å²) in [6, 6.07) is 15.3. The fourth-order valence-corrected chi connectivity index (χ4v) is 3.78. The molecule has 1 saturated heterocycles. The lowest BCUT2D eigenvalue weighted by molar-refractivity contribution is -0.138. The molecule has 128 valence electrons. The molecular weight excluding hydrogens is 312 g/mol. The summed E-state index contributed by atoms with van der Waals surface area (Å²) in [6.45, 7) is 1.39. The topological polar surface area (TPSA) is 49.4 Å². The van der Waals surface area contributed by atoms with E-state index >= 15 is 0 Å². The zero-order chi connectivity index (χ0) is 17.2. The number of benzene rings is 2. The van der Waals surface area contributed by atoms with E-state index < -0.39 is 0 Å². The van der Waals surface area contributed by atoms with Crippen LogP contribution < -0.4 is 5.32 Å². The highest BCUT2D eigenvalue weighted by molar-refractivity contribution is 5.85. The number of aryl methyl sites for hydroxylation is 1. The van der Waals surface area contributed by atoms with Crippen LogP contribution in [0.15, 0.2) is 42.5 Å². The molecule has 1 heterocycles. The van der Waals surface area contributed by atoms with Crippen LogP contribution in [0.5, 0.6) is 0 Å². The van der Waals surface area contributed by atoms with Gasteiger partial charge in [0.2, 0.25) is 11.8 Å². The summed E-state index contributed by atoms with van der Waals surface area (Å²) in [5, 5.41) is 2.75. The van der Waals surface area contributed by atoms with Gasteiger partial charge in [0.1, 0.15) is 0 Å². The van der Waals surface area contributed by atoms with E-state index in [1.165, 1.54) is 27.8 Å². The Morgan fingerprint density at radius 1 is 1.08 bits per heavy atom. The predicted octanol–water partition coefficient (Wildman–Crippen LogP) is 2.54. The molecule has 0 aromatic heterocycles. The van der Waals surface area contributed by atoms with Crippen LogP contribution in [0.25, 0.3) is 11.1 Å². The Morgan fingerprint density at radius 2 is 1.92 bits per heavy atom. The third kappa shape index (κ3) is 3.29. The molecule has 0 saturated carbocycles. The zero-order valence-corrected chi connectivity index (χ0v) is 14.3. The van der Waals surface area contributed by atoms with Crippen molar-refractivity contribution in [3.63, 3.8) is 0 Å². The van der Waals surface area contributed by atoms with E-state index in [1.54, 1.807) is 4.90 Å². The van der Waals surface area contributed by atoms with E-state index in [2.05, 4.69) is 47.8 Å². The maximum Gasteiger partial charge on any atom is 0.239 e. The Balaban J connectivity index is 1.37. The molecule has 1 N–H and O–H groups in total. The van der Waals surface area contributed by atoms with Gasteiger partial charge in [0.05, 0.1) is 6.54 Å². The lowest BCUT2D eigenvalue weighted by Gasteiger charge is -2.26. The van der Waals surface area contributed by atoms with Crippen LogP contribution in [0.4, 0.5) is 0 Å². The van der Waals surface area contributed by atoms with Crippen molar-refractivity contribution in [3.05, 3.63) is 59.2 Å². The van der Waals surface area contributed by atoms with Crippen LogP contribution in [0.2, 0.25) is 0 Å². The van der Waals surface area contributed by atoms with E-state index in [-0.39, 0.29) is 18.4 Å². The minimum absolute atomic E-state index is 0.0584. The standard InChI is InChI=1S/C21H22N2O2/c24-20-14-23(11-10-22-20)21(25)7-3-4-15-8-9-17-13-16-5-1-2-6-18(16)19(17)12-15/h1-2,5-6,8-9,12H,3-4,7,10-11,13-14H2,(H,22,24). The van der Waals surface area contributed by atoms with Crippen molar-refractivity contribution in [2.45, 2.75) is 25.7 Å². The SMILES string of the molecule is O=C1CN(C(=O)CCCc2ccc3c(c2)-c2ccccc2C3)CCN1. The van der Waals surface area contributed by atoms with Crippen molar-refractivity contribution in [2.24, 2.45) is 0 Å². The van der Waals surface area contributed by atoms with Gasteiger partial charge in [0, 0.05) is 19.5 Å². The first kappa shape index (κ1) is 15.9. The second-order valence-electron chi connectivity index (χ2n) is 6.84. The average Bonchev–Trinajstić information content (AvgIpc) is 3.00. The molecule has 0 bridgehead atoms. The molecule has 2 aromatic rings. The largest absolute Gasteiger partial charge is 0.353 e. The molecule has 0 unspecified atom stereocenters. The molecule has 25 heavy (non-hydrogen) atoms. The van der Waals surface area contributed by atoms with Gasteiger partial charge >= 0.3 is 0 Å². The lowest BCUT2D eigenvalue weighted by atomic mass is 10.00. The summed E-state index contributed by atoms with van der Waals surface area (Å²) in [5.74, 6) is 0.0262. The van der Waals surface area contributed by atoms with Gasteiger partial charge in [-0.15, -0.1) is 0 Å². The molecule has 1 aliphatic carbocycles. The second-order valence-corrected chi connectivity index (χ2v) is 6.84. The molecule has 2 amide bonds. The zero-order valence-electron chi connectivity index (χ0n) is 14.3. The molecule has 2 aliphatic rings. The number of rotatable bonds is 4. The molecule has 4 nitrogen and oxygen atoms in total. The van der Waals surface area contributed by atoms with Gasteiger partial charge in [-0.05, 0) is 47.1 Å². The van der Waals surface area contributed by atoms with E-state index in [0.29, 0.717) is 19.5 Å². The van der Waals surface area contributed by atoms with Crippen LogP contribution in [0.3, 0.4) is 0 Å². The fraction of sp³-hybridized carbons (Fsp3) is 0.333. The van der Waals surface area contributed by atoms with Crippen molar-refractivity contribution in [2.75, 3.05) is 19.6 Å². The number of fused-ring (bicyclic) bond motifs is 3. The summed E-state index contributed by atoms with van der Waals surface area (Å²) in [5.41, 5.74) is 6.75. The number of nitrogens with zero attached hydrogens (tertiary/aromatic N) is 1. The van der Waals surface area contributed by atoms with Crippen molar-refractivity contribution >= 4 is 11.8 Å². The fourth-order valence-electron chi connectivity index (χ4n) is 3.78. The Bertz CT molecular complexity index is 828. The summed E-state index contributed by atoms with van der Waals surface area (Å²) < 4.78 is 0. The van der Waals surface area contributed by atoms with Gasteiger partial charge in [-0.1, -0.05) is 42.5 Å². The number of carbonyl (C=O) groups excluding carboxylic acids is 2. The van der Waals surface area contributed by atoms with Crippen LogP contribution in [0.1, 0.15) is 29.5 Å². The van der Waals surface area contributed by atoms with Gasteiger partial charge in [-0.25, -0.2) is 0 Å². The maximum atomic E-state index is 12.2. The average molecular weight is 334 g/mol. The third-order valence-electron chi connectivity index (χ3n) is 5.11. The Morgan fingerprint density at radius 3 is 2.80 bits per heavy atom. The summed E-state index contributed by atoms with van der Waals surface area (Å²) in [4.78, 5) is 25.3. The monoisotopic (exact) mass is 334 g/mol. The van der Waals surface area contributed by atoms with Crippen LogP contribution in [-0.4, -0.2) is 36.3 Å². The first-order valence-electron chi connectivity index (χ1n) is 8.95. The van der Waals surface area contributed by atoms with Crippen molar-refractivity contribution in [3.8, 4) is 11.1 Å². The van der Waals surface area contributed by atoms with Crippen LogP contribution in [0, 0.1) is 0 Å². The molecule has 4 rings (SSSR count). The molecule has 0 atom stereocenters. The number of amides is 2. The van der Waals surface area contributed by atoms with E-state index in [1.807, 2.05) is 0 Å². The minimum Gasteiger partial charge on any atom is -0.353 e. The van der Waals surface area contributed by atoms with Gasteiger partial charge in [-0.3, -0.25) is 9.59 Å². The van der Waals surface area contributed by atoms with Crippen molar-refractivity contribution in [1.82, 2.24) is 10.2 Å². The van der Waals surface area contributed by atoms with E-state index in [0.717, 1.165) is 19.3 Å². The normalized spacial score (nSPS) is 15.5. The van der Waals surface area contributed by atoms with E-state index in [4.69, 9.17) is 0 Å². The lowest BCUT2D eigenvalue weighted by Crippen LogP contribution is -2.49. The quantitative estimate of drug-likeness (QED) is 0.797. The second kappa shape index (κ2) is 6.71. The Hall–Kier alpha value is -2.62. The molecule has 1 aliphatic heterocycles. The summed E-state index contributed by atoms with van der Waals surface area (Å²) in [7, 11) is 0. The number of nitrogens with one attached hydrogen (secondary N) is 1.